The van der Waals surface area contributed by atoms with E-state index in [0.717, 1.165) is 30.4 Å². The molecule has 0 amide bonds. The highest BCUT2D eigenvalue weighted by Crippen LogP contribution is 2.17. The quantitative estimate of drug-likeness (QED) is 0.322. The predicted octanol–water partition coefficient (Wildman–Crippen LogP) is 3.83. The van der Waals surface area contributed by atoms with Gasteiger partial charge in [0.15, 0.2) is 0 Å². The van der Waals surface area contributed by atoms with E-state index in [2.05, 4.69) is 6.92 Å². The van der Waals surface area contributed by atoms with E-state index in [-0.39, 0.29) is 0 Å². The molecule has 2 aromatic rings. The Morgan fingerprint density at radius 3 is 2.26 bits per heavy atom. The molecule has 0 fully saturated rings. The van der Waals surface area contributed by atoms with E-state index < -0.39 is 5.97 Å². The minimum atomic E-state index is -0.423. The average Bonchev–Trinajstić information content (AvgIpc) is 2.58. The lowest BCUT2D eigenvalue weighted by Crippen LogP contribution is -2.08. The van der Waals surface area contributed by atoms with Gasteiger partial charge in [-0.15, -0.1) is 0 Å². The summed E-state index contributed by atoms with van der Waals surface area (Å²) in [6, 6.07) is 13.8. The maximum atomic E-state index is 12.1. The van der Waals surface area contributed by atoms with Gasteiger partial charge in [0.25, 0.3) is 0 Å². The van der Waals surface area contributed by atoms with Gasteiger partial charge in [-0.25, -0.2) is 4.79 Å². The van der Waals surface area contributed by atoms with Gasteiger partial charge < -0.3 is 14.3 Å². The predicted molar refractivity (Wildman–Crippen MR) is 88.0 cm³/mol. The van der Waals surface area contributed by atoms with Crippen molar-refractivity contribution in [3.63, 3.8) is 0 Å². The summed E-state index contributed by atoms with van der Waals surface area (Å²) in [5.41, 5.74) is 1.35. The molecule has 2 aromatic carbocycles. The van der Waals surface area contributed by atoms with Crippen LogP contribution in [0.4, 0.5) is 0 Å². The van der Waals surface area contributed by atoms with Gasteiger partial charge in [0.2, 0.25) is 0 Å². The number of carbonyl (C=O) groups excluding carboxylic acids is 2. The van der Waals surface area contributed by atoms with Gasteiger partial charge in [-0.2, -0.15) is 0 Å². The van der Waals surface area contributed by atoms with Crippen molar-refractivity contribution in [1.82, 2.24) is 0 Å². The number of esters is 1. The van der Waals surface area contributed by atoms with Crippen molar-refractivity contribution < 1.29 is 19.1 Å². The molecule has 23 heavy (non-hydrogen) atoms. The first-order valence-corrected chi connectivity index (χ1v) is 7.70. The lowest BCUT2D eigenvalue weighted by Gasteiger charge is -2.07. The number of ether oxygens (including phenoxy) is 2. The third-order valence-corrected chi connectivity index (χ3v) is 3.31. The van der Waals surface area contributed by atoms with Crippen LogP contribution in [0.1, 0.15) is 35.7 Å². The molecule has 4 heteroatoms. The van der Waals surface area contributed by atoms with Crippen LogP contribution in [0.5, 0.6) is 11.5 Å². The van der Waals surface area contributed by atoms with Crippen LogP contribution >= 0.6 is 0 Å². The van der Waals surface area contributed by atoms with Crippen LogP contribution in [0, 0.1) is 0 Å². The molecule has 0 bridgehead atoms. The van der Waals surface area contributed by atoms with Crippen LogP contribution in [-0.2, 0) is 11.2 Å². The van der Waals surface area contributed by atoms with E-state index in [0.29, 0.717) is 24.3 Å². The molecular weight excluding hydrogens is 292 g/mol. The largest absolute Gasteiger partial charge is 0.494 e. The van der Waals surface area contributed by atoms with Gasteiger partial charge in [0.05, 0.1) is 12.2 Å². The summed E-state index contributed by atoms with van der Waals surface area (Å²) in [5.74, 6) is 0.773. The van der Waals surface area contributed by atoms with Crippen molar-refractivity contribution in [3.05, 3.63) is 59.7 Å². The molecule has 0 radical (unpaired) electrons. The molecule has 0 aliphatic heterocycles. The highest BCUT2D eigenvalue weighted by Gasteiger charge is 2.08. The number of hydrogen-bond acceptors (Lipinski definition) is 4. The van der Waals surface area contributed by atoms with Crippen molar-refractivity contribution in [2.24, 2.45) is 0 Å². The summed E-state index contributed by atoms with van der Waals surface area (Å²) in [5, 5.41) is 0. The topological polar surface area (TPSA) is 52.6 Å². The van der Waals surface area contributed by atoms with Crippen molar-refractivity contribution in [2.45, 2.75) is 26.2 Å². The first kappa shape index (κ1) is 16.7. The number of rotatable bonds is 8. The number of hydrogen-bond donors (Lipinski definition) is 0. The molecule has 2 rings (SSSR count). The van der Waals surface area contributed by atoms with Gasteiger partial charge >= 0.3 is 5.97 Å². The van der Waals surface area contributed by atoms with Crippen LogP contribution in [0.3, 0.4) is 0 Å². The molecule has 0 unspecified atom stereocenters. The Labute approximate surface area is 136 Å². The highest BCUT2D eigenvalue weighted by molar-refractivity contribution is 5.91. The molecule has 0 saturated carbocycles. The van der Waals surface area contributed by atoms with Gasteiger partial charge in [0.1, 0.15) is 17.8 Å². The molecule has 0 atom stereocenters. The van der Waals surface area contributed by atoms with E-state index in [4.69, 9.17) is 9.47 Å². The third kappa shape index (κ3) is 5.25. The first-order valence-electron chi connectivity index (χ1n) is 7.70. The second-order valence-corrected chi connectivity index (χ2v) is 5.13. The minimum Gasteiger partial charge on any atom is -0.494 e. The summed E-state index contributed by atoms with van der Waals surface area (Å²) in [4.78, 5) is 22.5. The van der Waals surface area contributed by atoms with E-state index >= 15 is 0 Å². The second kappa shape index (κ2) is 8.73. The fraction of sp³-hybridized carbons (Fsp3) is 0.263. The summed E-state index contributed by atoms with van der Waals surface area (Å²) >= 11 is 0. The van der Waals surface area contributed by atoms with Crippen LogP contribution in [-0.4, -0.2) is 18.9 Å². The average molecular weight is 312 g/mol. The second-order valence-electron chi connectivity index (χ2n) is 5.13. The summed E-state index contributed by atoms with van der Waals surface area (Å²) < 4.78 is 10.9. The zero-order valence-corrected chi connectivity index (χ0v) is 13.2. The lowest BCUT2D eigenvalue weighted by atomic mass is 10.1. The Bertz CT molecular complexity index is 629. The molecule has 0 saturated heterocycles. The zero-order valence-electron chi connectivity index (χ0n) is 13.2. The molecule has 0 aliphatic rings. The fourth-order valence-corrected chi connectivity index (χ4v) is 1.98. The molecule has 120 valence electrons. The maximum Gasteiger partial charge on any atom is 0.343 e. The van der Waals surface area contributed by atoms with Crippen LogP contribution in [0.2, 0.25) is 0 Å². The molecule has 0 spiro atoms. The van der Waals surface area contributed by atoms with E-state index in [1.165, 1.54) is 0 Å². The van der Waals surface area contributed by atoms with Crippen LogP contribution in [0.25, 0.3) is 0 Å². The number of benzene rings is 2. The fourth-order valence-electron chi connectivity index (χ4n) is 1.98. The first-order chi connectivity index (χ1) is 11.2. The van der Waals surface area contributed by atoms with Gasteiger partial charge in [-0.1, -0.05) is 25.5 Å². The summed E-state index contributed by atoms with van der Waals surface area (Å²) in [6.45, 7) is 2.78. The normalized spacial score (nSPS) is 10.1. The van der Waals surface area contributed by atoms with Gasteiger partial charge in [-0.05, 0) is 48.4 Å². The number of carbonyl (C=O) groups is 2. The van der Waals surface area contributed by atoms with Crippen molar-refractivity contribution in [1.29, 1.82) is 0 Å². The van der Waals surface area contributed by atoms with E-state index in [9.17, 15) is 9.59 Å². The maximum absolute atomic E-state index is 12.1. The SMILES string of the molecule is CCCCOc1ccc(C(=O)Oc2ccc(CC=O)cc2)cc1. The Kier molecular flexibility index (Phi) is 6.36. The summed E-state index contributed by atoms with van der Waals surface area (Å²) in [6.07, 6.45) is 3.28. The van der Waals surface area contributed by atoms with Gasteiger partial charge in [0, 0.05) is 6.42 Å². The standard InChI is InChI=1S/C19H20O4/c1-2-3-14-22-17-10-6-16(7-11-17)19(21)23-18-8-4-15(5-9-18)12-13-20/h4-11,13H,2-3,12,14H2,1H3. The Balaban J connectivity index is 1.93. The Morgan fingerprint density at radius 1 is 1.00 bits per heavy atom. The number of unbranched alkanes of at least 4 members (excludes halogenated alkanes) is 1. The molecule has 0 aromatic heterocycles. The highest BCUT2D eigenvalue weighted by atomic mass is 16.5. The molecule has 0 aliphatic carbocycles. The molecule has 4 nitrogen and oxygen atoms in total. The zero-order chi connectivity index (χ0) is 16.5. The van der Waals surface area contributed by atoms with E-state index in [1.54, 1.807) is 48.5 Å². The van der Waals surface area contributed by atoms with Crippen molar-refractivity contribution in [2.75, 3.05) is 6.61 Å². The van der Waals surface area contributed by atoms with Crippen molar-refractivity contribution in [3.8, 4) is 11.5 Å². The lowest BCUT2D eigenvalue weighted by molar-refractivity contribution is -0.107. The molecule has 0 heterocycles. The van der Waals surface area contributed by atoms with Crippen LogP contribution < -0.4 is 9.47 Å². The number of aldehydes is 1. The van der Waals surface area contributed by atoms with Crippen LogP contribution in [0.15, 0.2) is 48.5 Å². The van der Waals surface area contributed by atoms with Gasteiger partial charge in [-0.3, -0.25) is 0 Å². The monoisotopic (exact) mass is 312 g/mol. The Morgan fingerprint density at radius 2 is 1.65 bits per heavy atom. The molecular formula is C19H20O4. The third-order valence-electron chi connectivity index (χ3n) is 3.31. The summed E-state index contributed by atoms with van der Waals surface area (Å²) in [7, 11) is 0. The molecule has 0 N–H and O–H groups in total. The Hall–Kier alpha value is -2.62. The van der Waals surface area contributed by atoms with Crippen molar-refractivity contribution >= 4 is 12.3 Å². The minimum absolute atomic E-state index is 0.355. The smallest absolute Gasteiger partial charge is 0.343 e. The van der Waals surface area contributed by atoms with E-state index in [1.807, 2.05) is 0 Å².